The maximum Gasteiger partial charge on any atom is 0.221 e. The molecule has 0 bridgehead atoms. The zero-order chi connectivity index (χ0) is 9.26. The Morgan fingerprint density at radius 3 is 3.08 bits per heavy atom. The number of fused-ring (bicyclic) bond motifs is 1. The molecule has 0 aliphatic rings. The lowest BCUT2D eigenvalue weighted by Crippen LogP contribution is -1.79. The van der Waals surface area contributed by atoms with Crippen molar-refractivity contribution in [3.63, 3.8) is 0 Å². The molecular weight excluding hydrogens is 170 g/mol. The van der Waals surface area contributed by atoms with Crippen LogP contribution in [0.3, 0.4) is 0 Å². The van der Waals surface area contributed by atoms with Crippen molar-refractivity contribution >= 4 is 17.4 Å². The number of aromatic nitrogens is 1. The van der Waals surface area contributed by atoms with Gasteiger partial charge in [0.25, 0.3) is 0 Å². The van der Waals surface area contributed by atoms with E-state index in [9.17, 15) is 4.79 Å². The molecule has 2 rings (SSSR count). The molecule has 66 valence electrons. The summed E-state index contributed by atoms with van der Waals surface area (Å²) in [4.78, 5) is 14.5. The van der Waals surface area contributed by atoms with Crippen molar-refractivity contribution in [3.05, 3.63) is 29.7 Å². The van der Waals surface area contributed by atoms with Crippen molar-refractivity contribution in [2.24, 2.45) is 0 Å². The third-order valence-electron chi connectivity index (χ3n) is 1.75. The zero-order valence-electron chi connectivity index (χ0n) is 6.73. The molecule has 1 aromatic carbocycles. The van der Waals surface area contributed by atoms with Crippen LogP contribution in [0.5, 0.6) is 0 Å². The van der Waals surface area contributed by atoms with Crippen LogP contribution in [0.25, 0.3) is 11.1 Å². The van der Waals surface area contributed by atoms with Gasteiger partial charge in [-0.15, -0.1) is 0 Å². The van der Waals surface area contributed by atoms with E-state index >= 15 is 0 Å². The molecule has 0 saturated carbocycles. The van der Waals surface area contributed by atoms with Crippen LogP contribution in [0.1, 0.15) is 16.2 Å². The molecule has 0 saturated heterocycles. The van der Waals surface area contributed by atoms with Crippen LogP contribution < -0.4 is 0 Å². The van der Waals surface area contributed by atoms with Crippen molar-refractivity contribution in [2.75, 3.05) is 0 Å². The van der Waals surface area contributed by atoms with E-state index in [0.717, 1.165) is 0 Å². The molecule has 0 spiro atoms. The van der Waals surface area contributed by atoms with Gasteiger partial charge in [-0.2, -0.15) is 0 Å². The molecule has 1 aromatic heterocycles. The summed E-state index contributed by atoms with van der Waals surface area (Å²) in [5.74, 6) is 0.226. The lowest BCUT2D eigenvalue weighted by Gasteiger charge is -1.88. The maximum absolute atomic E-state index is 10.6. The SMILES string of the molecule is O=Cc1cccc2nc(CO)oc12. The fourth-order valence-electron chi connectivity index (χ4n) is 1.18. The highest BCUT2D eigenvalue weighted by molar-refractivity contribution is 5.92. The number of carbonyl (C=O) groups is 1. The molecule has 2 aromatic rings. The minimum absolute atomic E-state index is 0.226. The Morgan fingerprint density at radius 1 is 1.54 bits per heavy atom. The van der Waals surface area contributed by atoms with E-state index in [1.807, 2.05) is 0 Å². The molecule has 0 atom stereocenters. The smallest absolute Gasteiger partial charge is 0.221 e. The summed E-state index contributed by atoms with van der Waals surface area (Å²) in [5.41, 5.74) is 1.47. The molecule has 0 unspecified atom stereocenters. The molecule has 0 amide bonds. The number of oxazole rings is 1. The number of aliphatic hydroxyl groups excluding tert-OH is 1. The normalized spacial score (nSPS) is 10.5. The monoisotopic (exact) mass is 177 g/mol. The number of nitrogens with zero attached hydrogens (tertiary/aromatic N) is 1. The van der Waals surface area contributed by atoms with Gasteiger partial charge in [-0.1, -0.05) is 6.07 Å². The minimum Gasteiger partial charge on any atom is -0.437 e. The number of para-hydroxylation sites is 1. The van der Waals surface area contributed by atoms with Gasteiger partial charge in [0.05, 0.1) is 5.56 Å². The third kappa shape index (κ3) is 1.21. The molecule has 1 heterocycles. The predicted molar refractivity (Wildman–Crippen MR) is 45.3 cm³/mol. The summed E-state index contributed by atoms with van der Waals surface area (Å²) in [6.07, 6.45) is 0.703. The van der Waals surface area contributed by atoms with Crippen LogP contribution in [0.15, 0.2) is 22.6 Å². The van der Waals surface area contributed by atoms with Gasteiger partial charge in [-0.25, -0.2) is 4.98 Å². The first-order valence-electron chi connectivity index (χ1n) is 3.79. The Balaban J connectivity index is 2.74. The van der Waals surface area contributed by atoms with E-state index < -0.39 is 0 Å². The van der Waals surface area contributed by atoms with E-state index in [2.05, 4.69) is 4.98 Å². The van der Waals surface area contributed by atoms with Crippen molar-refractivity contribution in [2.45, 2.75) is 6.61 Å². The van der Waals surface area contributed by atoms with Gasteiger partial charge in [0, 0.05) is 0 Å². The van der Waals surface area contributed by atoms with Crippen LogP contribution >= 0.6 is 0 Å². The Bertz CT molecular complexity index is 447. The Labute approximate surface area is 73.8 Å². The molecule has 0 aliphatic carbocycles. The number of aldehydes is 1. The van der Waals surface area contributed by atoms with E-state index in [-0.39, 0.29) is 12.5 Å². The van der Waals surface area contributed by atoms with Crippen LogP contribution in [0, 0.1) is 0 Å². The van der Waals surface area contributed by atoms with E-state index in [1.54, 1.807) is 18.2 Å². The molecule has 4 heteroatoms. The summed E-state index contributed by atoms with van der Waals surface area (Å²) in [7, 11) is 0. The van der Waals surface area contributed by atoms with Gasteiger partial charge < -0.3 is 9.52 Å². The molecule has 0 radical (unpaired) electrons. The number of aliphatic hydroxyl groups is 1. The van der Waals surface area contributed by atoms with Gasteiger partial charge >= 0.3 is 0 Å². The average Bonchev–Trinajstić information content (AvgIpc) is 2.59. The van der Waals surface area contributed by atoms with Crippen molar-refractivity contribution < 1.29 is 14.3 Å². The lowest BCUT2D eigenvalue weighted by molar-refractivity contribution is 0.112. The van der Waals surface area contributed by atoms with Gasteiger partial charge in [0.15, 0.2) is 11.9 Å². The molecular formula is C9H7NO3. The second-order valence-electron chi connectivity index (χ2n) is 2.58. The maximum atomic E-state index is 10.6. The highest BCUT2D eigenvalue weighted by Crippen LogP contribution is 2.18. The Hall–Kier alpha value is -1.68. The molecule has 13 heavy (non-hydrogen) atoms. The Morgan fingerprint density at radius 2 is 2.38 bits per heavy atom. The first kappa shape index (κ1) is 7.94. The highest BCUT2D eigenvalue weighted by atomic mass is 16.4. The van der Waals surface area contributed by atoms with E-state index in [4.69, 9.17) is 9.52 Å². The fraction of sp³-hybridized carbons (Fsp3) is 0.111. The lowest BCUT2D eigenvalue weighted by atomic mass is 10.2. The minimum atomic E-state index is -0.257. The molecule has 0 fully saturated rings. The molecule has 0 aliphatic heterocycles. The van der Waals surface area contributed by atoms with Gasteiger partial charge in [-0.05, 0) is 12.1 Å². The first-order valence-corrected chi connectivity index (χ1v) is 3.79. The third-order valence-corrected chi connectivity index (χ3v) is 1.75. The quantitative estimate of drug-likeness (QED) is 0.698. The second-order valence-corrected chi connectivity index (χ2v) is 2.58. The largest absolute Gasteiger partial charge is 0.437 e. The standard InChI is InChI=1S/C9H7NO3/c11-4-6-2-1-3-7-9(6)13-8(5-12)10-7/h1-4,12H,5H2. The predicted octanol–water partition coefficient (Wildman–Crippen LogP) is 1.13. The van der Waals surface area contributed by atoms with Gasteiger partial charge in [0.1, 0.15) is 12.1 Å². The van der Waals surface area contributed by atoms with Crippen LogP contribution in [0.2, 0.25) is 0 Å². The van der Waals surface area contributed by atoms with Crippen molar-refractivity contribution in [3.8, 4) is 0 Å². The van der Waals surface area contributed by atoms with Crippen LogP contribution in [0.4, 0.5) is 0 Å². The van der Waals surface area contributed by atoms with Gasteiger partial charge in [-0.3, -0.25) is 4.79 Å². The van der Waals surface area contributed by atoms with Crippen LogP contribution in [-0.4, -0.2) is 16.4 Å². The summed E-state index contributed by atoms with van der Waals surface area (Å²) in [6.45, 7) is -0.257. The Kier molecular flexibility index (Phi) is 1.83. The summed E-state index contributed by atoms with van der Waals surface area (Å²) < 4.78 is 5.15. The summed E-state index contributed by atoms with van der Waals surface area (Å²) in [5, 5.41) is 8.76. The summed E-state index contributed by atoms with van der Waals surface area (Å²) in [6, 6.07) is 5.09. The van der Waals surface area contributed by atoms with Crippen molar-refractivity contribution in [1.82, 2.24) is 4.98 Å². The fourth-order valence-corrected chi connectivity index (χ4v) is 1.18. The van der Waals surface area contributed by atoms with E-state index in [0.29, 0.717) is 22.9 Å². The van der Waals surface area contributed by atoms with E-state index in [1.165, 1.54) is 0 Å². The van der Waals surface area contributed by atoms with Crippen molar-refractivity contribution in [1.29, 1.82) is 0 Å². The summed E-state index contributed by atoms with van der Waals surface area (Å²) >= 11 is 0. The number of benzene rings is 1. The zero-order valence-corrected chi connectivity index (χ0v) is 6.73. The highest BCUT2D eigenvalue weighted by Gasteiger charge is 2.07. The average molecular weight is 177 g/mol. The second kappa shape index (κ2) is 2.99. The first-order chi connectivity index (χ1) is 6.35. The molecule has 4 nitrogen and oxygen atoms in total. The number of carbonyl (C=O) groups excluding carboxylic acids is 1. The number of rotatable bonds is 2. The molecule has 1 N–H and O–H groups in total. The number of hydrogen-bond donors (Lipinski definition) is 1. The topological polar surface area (TPSA) is 63.3 Å². The van der Waals surface area contributed by atoms with Gasteiger partial charge in [0.2, 0.25) is 5.89 Å². The number of hydrogen-bond acceptors (Lipinski definition) is 4. The van der Waals surface area contributed by atoms with Crippen LogP contribution in [-0.2, 0) is 6.61 Å².